The summed E-state index contributed by atoms with van der Waals surface area (Å²) in [5.74, 6) is 0.530. The molecule has 0 aliphatic carbocycles. The molecular formula is C13H15ClN2O4. The number of amides is 2. The Balaban J connectivity index is 2.39. The molecule has 0 aromatic heterocycles. The minimum absolute atomic E-state index is 0.370. The largest absolute Gasteiger partial charge is 0.485 e. The molecule has 2 rings (SSSR count). The van der Waals surface area contributed by atoms with Crippen LogP contribution in [0.1, 0.15) is 19.4 Å². The van der Waals surface area contributed by atoms with E-state index >= 15 is 0 Å². The SMILES string of the molecule is COC(=O)NN(C(=O)Cl)c1cccc2c1OC(C)(C)C2. The number of nitrogens with zero attached hydrogens (tertiary/aromatic N) is 1. The molecule has 0 unspecified atom stereocenters. The van der Waals surface area contributed by atoms with Crippen molar-refractivity contribution in [3.63, 3.8) is 0 Å². The Morgan fingerprint density at radius 1 is 1.45 bits per heavy atom. The molecule has 108 valence electrons. The van der Waals surface area contributed by atoms with Gasteiger partial charge in [-0.3, -0.25) is 4.79 Å². The molecule has 0 fully saturated rings. The lowest BCUT2D eigenvalue weighted by Gasteiger charge is -2.23. The number of hydrazine groups is 1. The average Bonchev–Trinajstić information content (AvgIpc) is 2.69. The summed E-state index contributed by atoms with van der Waals surface area (Å²) in [5, 5.41) is 0.0327. The van der Waals surface area contributed by atoms with E-state index < -0.39 is 11.5 Å². The lowest BCUT2D eigenvalue weighted by atomic mass is 10.0. The van der Waals surface area contributed by atoms with E-state index in [2.05, 4.69) is 10.2 Å². The minimum Gasteiger partial charge on any atom is -0.485 e. The van der Waals surface area contributed by atoms with Crippen molar-refractivity contribution in [1.29, 1.82) is 0 Å². The molecule has 1 aliphatic rings. The Kier molecular flexibility index (Phi) is 3.76. The third kappa shape index (κ3) is 2.80. The molecule has 1 aliphatic heterocycles. The van der Waals surface area contributed by atoms with Crippen molar-refractivity contribution < 1.29 is 19.1 Å². The number of hydrogen-bond acceptors (Lipinski definition) is 4. The third-order valence-electron chi connectivity index (χ3n) is 2.88. The van der Waals surface area contributed by atoms with Gasteiger partial charge in [-0.05, 0) is 31.5 Å². The van der Waals surface area contributed by atoms with E-state index in [4.69, 9.17) is 16.3 Å². The zero-order valence-electron chi connectivity index (χ0n) is 11.4. The predicted octanol–water partition coefficient (Wildman–Crippen LogP) is 2.84. The van der Waals surface area contributed by atoms with Gasteiger partial charge >= 0.3 is 11.5 Å². The maximum absolute atomic E-state index is 11.5. The Hall–Kier alpha value is -1.95. The zero-order chi connectivity index (χ0) is 14.9. The van der Waals surface area contributed by atoms with E-state index in [1.165, 1.54) is 7.11 Å². The van der Waals surface area contributed by atoms with Crippen LogP contribution in [0.25, 0.3) is 0 Å². The molecule has 0 spiro atoms. The Morgan fingerprint density at radius 3 is 2.75 bits per heavy atom. The Morgan fingerprint density at radius 2 is 2.15 bits per heavy atom. The van der Waals surface area contributed by atoms with E-state index in [9.17, 15) is 9.59 Å². The van der Waals surface area contributed by atoms with Gasteiger partial charge in [0.05, 0.1) is 7.11 Å². The summed E-state index contributed by atoms with van der Waals surface area (Å²) in [6.45, 7) is 3.88. The van der Waals surface area contributed by atoms with Crippen LogP contribution in [0.5, 0.6) is 5.75 Å². The normalized spacial score (nSPS) is 15.0. The van der Waals surface area contributed by atoms with E-state index in [1.807, 2.05) is 19.9 Å². The van der Waals surface area contributed by atoms with Crippen LogP contribution in [0.3, 0.4) is 0 Å². The number of hydrogen-bond donors (Lipinski definition) is 1. The van der Waals surface area contributed by atoms with Gasteiger partial charge in [0.15, 0.2) is 0 Å². The molecule has 0 atom stereocenters. The van der Waals surface area contributed by atoms with Gasteiger partial charge in [-0.2, -0.15) is 0 Å². The molecule has 0 bridgehead atoms. The van der Waals surface area contributed by atoms with Crippen molar-refractivity contribution in [3.05, 3.63) is 23.8 Å². The number of rotatable bonds is 1. The molecule has 2 amide bonds. The first-order valence-electron chi connectivity index (χ1n) is 5.99. The fraction of sp³-hybridized carbons (Fsp3) is 0.385. The lowest BCUT2D eigenvalue weighted by Crippen LogP contribution is -2.44. The number of fused-ring (bicyclic) bond motifs is 1. The molecule has 1 aromatic carbocycles. The van der Waals surface area contributed by atoms with Crippen molar-refractivity contribution in [2.45, 2.75) is 25.9 Å². The van der Waals surface area contributed by atoms with E-state index in [0.29, 0.717) is 17.9 Å². The molecule has 1 N–H and O–H groups in total. The van der Waals surface area contributed by atoms with Gasteiger partial charge in [0.25, 0.3) is 0 Å². The number of nitrogens with one attached hydrogen (secondary N) is 1. The summed E-state index contributed by atoms with van der Waals surface area (Å²) in [7, 11) is 1.20. The smallest absolute Gasteiger partial charge is 0.426 e. The van der Waals surface area contributed by atoms with Crippen molar-refractivity contribution >= 4 is 28.7 Å². The summed E-state index contributed by atoms with van der Waals surface area (Å²) in [4.78, 5) is 22.8. The summed E-state index contributed by atoms with van der Waals surface area (Å²) < 4.78 is 10.3. The minimum atomic E-state index is -0.864. The Labute approximate surface area is 121 Å². The fourth-order valence-corrected chi connectivity index (χ4v) is 2.24. The van der Waals surface area contributed by atoms with Crippen molar-refractivity contribution in [2.24, 2.45) is 0 Å². The molecular weight excluding hydrogens is 284 g/mol. The maximum Gasteiger partial charge on any atom is 0.426 e. The highest BCUT2D eigenvalue weighted by Crippen LogP contribution is 2.41. The number of carbonyl (C=O) groups excluding carboxylic acids is 2. The van der Waals surface area contributed by atoms with Crippen LogP contribution >= 0.6 is 11.6 Å². The van der Waals surface area contributed by atoms with Gasteiger partial charge in [0.2, 0.25) is 0 Å². The van der Waals surface area contributed by atoms with Gasteiger partial charge in [0.1, 0.15) is 17.0 Å². The summed E-state index contributed by atoms with van der Waals surface area (Å²) in [5.41, 5.74) is 3.20. The molecule has 0 saturated carbocycles. The van der Waals surface area contributed by atoms with Crippen LogP contribution in [0.4, 0.5) is 15.3 Å². The number of ether oxygens (including phenoxy) is 2. The highest BCUT2D eigenvalue weighted by Gasteiger charge is 2.34. The van der Waals surface area contributed by atoms with Crippen LogP contribution in [-0.2, 0) is 11.2 Å². The van der Waals surface area contributed by atoms with Crippen molar-refractivity contribution in [2.75, 3.05) is 12.1 Å². The topological polar surface area (TPSA) is 67.9 Å². The standard InChI is InChI=1S/C13H15ClN2O4/c1-13(2)7-8-5-4-6-9(10(8)20-13)16(11(14)17)15-12(18)19-3/h4-6H,7H2,1-3H3,(H,15,18). The van der Waals surface area contributed by atoms with E-state index in [0.717, 1.165) is 10.6 Å². The Bertz CT molecular complexity index is 559. The van der Waals surface area contributed by atoms with Crippen LogP contribution in [0.2, 0.25) is 0 Å². The fourth-order valence-electron chi connectivity index (χ4n) is 2.11. The molecule has 6 nitrogen and oxygen atoms in total. The number of halogens is 1. The first-order chi connectivity index (χ1) is 9.34. The highest BCUT2D eigenvalue weighted by atomic mass is 35.5. The van der Waals surface area contributed by atoms with Crippen LogP contribution in [0, 0.1) is 0 Å². The van der Waals surface area contributed by atoms with Crippen LogP contribution in [0.15, 0.2) is 18.2 Å². The van der Waals surface area contributed by atoms with E-state index in [1.54, 1.807) is 12.1 Å². The summed E-state index contributed by atoms with van der Waals surface area (Å²) in [6, 6.07) is 5.31. The van der Waals surface area contributed by atoms with Crippen molar-refractivity contribution in [3.8, 4) is 5.75 Å². The average molecular weight is 299 g/mol. The molecule has 1 aromatic rings. The molecule has 20 heavy (non-hydrogen) atoms. The second-order valence-electron chi connectivity index (χ2n) is 5.00. The molecule has 1 heterocycles. The maximum atomic E-state index is 11.5. The molecule has 0 saturated heterocycles. The number of methoxy groups -OCH3 is 1. The number of para-hydroxylation sites is 1. The second-order valence-corrected chi connectivity index (χ2v) is 5.32. The number of benzene rings is 1. The van der Waals surface area contributed by atoms with E-state index in [-0.39, 0.29) is 5.60 Å². The summed E-state index contributed by atoms with van der Waals surface area (Å²) >= 11 is 5.51. The quantitative estimate of drug-likeness (QED) is 0.492. The zero-order valence-corrected chi connectivity index (χ0v) is 12.2. The highest BCUT2D eigenvalue weighted by molar-refractivity contribution is 6.66. The third-order valence-corrected chi connectivity index (χ3v) is 3.04. The second kappa shape index (κ2) is 5.20. The van der Waals surface area contributed by atoms with Gasteiger partial charge in [-0.15, -0.1) is 0 Å². The number of carbonyl (C=O) groups is 2. The predicted molar refractivity (Wildman–Crippen MR) is 74.1 cm³/mol. The first-order valence-corrected chi connectivity index (χ1v) is 6.37. The van der Waals surface area contributed by atoms with Gasteiger partial charge in [-0.1, -0.05) is 12.1 Å². The first kappa shape index (κ1) is 14.5. The van der Waals surface area contributed by atoms with Gasteiger partial charge in [-0.25, -0.2) is 15.2 Å². The lowest BCUT2D eigenvalue weighted by molar-refractivity contribution is 0.138. The summed E-state index contributed by atoms with van der Waals surface area (Å²) in [6.07, 6.45) is -0.0903. The molecule has 0 radical (unpaired) electrons. The van der Waals surface area contributed by atoms with Crippen molar-refractivity contribution in [1.82, 2.24) is 5.43 Å². The van der Waals surface area contributed by atoms with Gasteiger partial charge in [0, 0.05) is 12.0 Å². The monoisotopic (exact) mass is 298 g/mol. The molecule has 7 heteroatoms. The van der Waals surface area contributed by atoms with Crippen LogP contribution < -0.4 is 15.2 Å². The number of anilines is 1. The van der Waals surface area contributed by atoms with Gasteiger partial charge < -0.3 is 9.47 Å². The van der Waals surface area contributed by atoms with Crippen LogP contribution in [-0.4, -0.2) is 24.2 Å².